The molecule has 0 saturated heterocycles. The summed E-state index contributed by atoms with van der Waals surface area (Å²) < 4.78 is 34.1. The highest BCUT2D eigenvalue weighted by Gasteiger charge is 2.58. The molecule has 0 spiro atoms. The van der Waals surface area contributed by atoms with E-state index in [4.69, 9.17) is 4.42 Å². The van der Waals surface area contributed by atoms with E-state index in [9.17, 15) is 13.6 Å². The van der Waals surface area contributed by atoms with Crippen molar-refractivity contribution >= 4 is 33.1 Å². The predicted molar refractivity (Wildman–Crippen MR) is 158 cm³/mol. The van der Waals surface area contributed by atoms with Crippen LogP contribution in [-0.2, 0) is 10.2 Å². The zero-order chi connectivity index (χ0) is 28.6. The van der Waals surface area contributed by atoms with Crippen LogP contribution in [0.3, 0.4) is 0 Å². The SMILES string of the molecule is Cc1nc2ccc(-c3cccc(N(CC45CCC(c6nnc(C7CC7)o6)(CC4)C5)C(=O)C4CC(C(F)F)C4)c3)cc2s1. The minimum atomic E-state index is -2.37. The van der Waals surface area contributed by atoms with Gasteiger partial charge in [0.2, 0.25) is 24.1 Å². The van der Waals surface area contributed by atoms with Crippen molar-refractivity contribution in [2.45, 2.75) is 82.5 Å². The molecule has 4 aliphatic rings. The van der Waals surface area contributed by atoms with E-state index in [1.807, 2.05) is 30.0 Å². The molecule has 2 heterocycles. The fraction of sp³-hybridized carbons (Fsp3) is 0.515. The quantitative estimate of drug-likeness (QED) is 0.208. The lowest BCUT2D eigenvalue weighted by Crippen LogP contribution is -2.47. The normalized spacial score (nSPS) is 28.5. The summed E-state index contributed by atoms with van der Waals surface area (Å²) in [6.45, 7) is 2.60. The van der Waals surface area contributed by atoms with Crippen molar-refractivity contribution < 1.29 is 18.0 Å². The highest BCUT2D eigenvalue weighted by molar-refractivity contribution is 7.18. The van der Waals surface area contributed by atoms with Crippen LogP contribution in [0.25, 0.3) is 21.3 Å². The highest BCUT2D eigenvalue weighted by atomic mass is 32.1. The van der Waals surface area contributed by atoms with E-state index in [1.54, 1.807) is 11.3 Å². The first-order valence-electron chi connectivity index (χ1n) is 15.2. The van der Waals surface area contributed by atoms with Gasteiger partial charge in [-0.1, -0.05) is 18.2 Å². The summed E-state index contributed by atoms with van der Waals surface area (Å²) in [5.41, 5.74) is 3.76. The molecule has 0 aliphatic heterocycles. The smallest absolute Gasteiger partial charge is 0.241 e. The van der Waals surface area contributed by atoms with Gasteiger partial charge in [0.05, 0.1) is 15.2 Å². The van der Waals surface area contributed by atoms with Gasteiger partial charge in [-0.2, -0.15) is 0 Å². The third kappa shape index (κ3) is 4.46. The topological polar surface area (TPSA) is 72.1 Å². The zero-order valence-corrected chi connectivity index (χ0v) is 24.5. The molecular formula is C33H34F2N4O2S. The van der Waals surface area contributed by atoms with Gasteiger partial charge in [0.25, 0.3) is 0 Å². The van der Waals surface area contributed by atoms with Crippen LogP contribution in [0.1, 0.15) is 80.5 Å². The Morgan fingerprint density at radius 3 is 2.62 bits per heavy atom. The van der Waals surface area contributed by atoms with Gasteiger partial charge in [0, 0.05) is 35.4 Å². The Bertz CT molecular complexity index is 1660. The molecular weight excluding hydrogens is 554 g/mol. The summed E-state index contributed by atoms with van der Waals surface area (Å²) in [6, 6.07) is 14.4. The maximum Gasteiger partial charge on any atom is 0.241 e. The second kappa shape index (κ2) is 9.66. The van der Waals surface area contributed by atoms with Crippen LogP contribution in [-0.4, -0.2) is 34.1 Å². The number of alkyl halides is 2. The van der Waals surface area contributed by atoms with E-state index in [0.717, 1.165) is 88.8 Å². The predicted octanol–water partition coefficient (Wildman–Crippen LogP) is 8.06. The van der Waals surface area contributed by atoms with E-state index in [2.05, 4.69) is 39.4 Å². The van der Waals surface area contributed by atoms with E-state index in [1.165, 1.54) is 0 Å². The monoisotopic (exact) mass is 588 g/mol. The minimum absolute atomic E-state index is 0.0230. The number of nitrogens with zero attached hydrogens (tertiary/aromatic N) is 4. The van der Waals surface area contributed by atoms with E-state index in [-0.39, 0.29) is 35.5 Å². The number of halogens is 2. The van der Waals surface area contributed by atoms with Crippen LogP contribution in [0.5, 0.6) is 0 Å². The fourth-order valence-electron chi connectivity index (χ4n) is 7.77. The molecule has 9 heteroatoms. The lowest BCUT2D eigenvalue weighted by molar-refractivity contribution is -0.129. The number of thiazole rings is 1. The Labute approximate surface area is 247 Å². The molecule has 4 fully saturated rings. The van der Waals surface area contributed by atoms with Crippen molar-refractivity contribution in [3.05, 3.63) is 59.3 Å². The van der Waals surface area contributed by atoms with Gasteiger partial charge in [-0.3, -0.25) is 4.79 Å². The molecule has 4 saturated carbocycles. The van der Waals surface area contributed by atoms with Crippen LogP contribution in [0.15, 0.2) is 46.9 Å². The second-order valence-corrected chi connectivity index (χ2v) is 14.6. The molecule has 8 rings (SSSR count). The van der Waals surface area contributed by atoms with Gasteiger partial charge < -0.3 is 9.32 Å². The van der Waals surface area contributed by atoms with E-state index in [0.29, 0.717) is 12.5 Å². The molecule has 0 atom stereocenters. The molecule has 0 radical (unpaired) electrons. The van der Waals surface area contributed by atoms with Gasteiger partial charge in [0.1, 0.15) is 0 Å². The maximum atomic E-state index is 14.0. The summed E-state index contributed by atoms with van der Waals surface area (Å²) in [5, 5.41) is 9.91. The van der Waals surface area contributed by atoms with E-state index >= 15 is 0 Å². The molecule has 6 nitrogen and oxygen atoms in total. The van der Waals surface area contributed by atoms with Crippen molar-refractivity contribution in [3.8, 4) is 11.1 Å². The lowest BCUT2D eigenvalue weighted by atomic mass is 9.74. The standard InChI is InChI=1S/C33H34F2N4O2S/c1-19-36-26-8-7-22(16-27(26)42-19)21-3-2-4-25(15-21)39(30(40)24-13-23(14-24)28(34)35)18-32-9-11-33(17-32,12-10-32)31-38-37-29(41-31)20-5-6-20/h2-4,7-8,15-16,20,23-24,28H,5-6,9-14,17-18H2,1H3. The van der Waals surface area contributed by atoms with Crippen LogP contribution in [0.4, 0.5) is 14.5 Å². The summed E-state index contributed by atoms with van der Waals surface area (Å²) in [6.07, 6.45) is 5.26. The van der Waals surface area contributed by atoms with Crippen molar-refractivity contribution in [3.63, 3.8) is 0 Å². The molecule has 4 aromatic rings. The van der Waals surface area contributed by atoms with Crippen LogP contribution < -0.4 is 4.90 Å². The Morgan fingerprint density at radius 1 is 1.07 bits per heavy atom. The lowest BCUT2D eigenvalue weighted by Gasteiger charge is -2.40. The van der Waals surface area contributed by atoms with Crippen molar-refractivity contribution in [2.75, 3.05) is 11.4 Å². The maximum absolute atomic E-state index is 14.0. The molecule has 4 aliphatic carbocycles. The molecule has 0 unspecified atom stereocenters. The van der Waals surface area contributed by atoms with Gasteiger partial charge in [-0.15, -0.1) is 21.5 Å². The Balaban J connectivity index is 1.10. The molecule has 0 N–H and O–H groups in total. The second-order valence-electron chi connectivity index (χ2n) is 13.3. The Morgan fingerprint density at radius 2 is 1.86 bits per heavy atom. The summed E-state index contributed by atoms with van der Waals surface area (Å²) >= 11 is 1.67. The van der Waals surface area contributed by atoms with E-state index < -0.39 is 12.3 Å². The minimum Gasteiger partial charge on any atom is -0.424 e. The number of benzene rings is 2. The molecule has 42 heavy (non-hydrogen) atoms. The number of carbonyl (C=O) groups is 1. The molecule has 1 amide bonds. The first-order valence-corrected chi connectivity index (χ1v) is 16.0. The summed E-state index contributed by atoms with van der Waals surface area (Å²) in [7, 11) is 0. The van der Waals surface area contributed by atoms with Crippen molar-refractivity contribution in [2.24, 2.45) is 17.3 Å². The first kappa shape index (κ1) is 26.4. The van der Waals surface area contributed by atoms with Crippen molar-refractivity contribution in [1.29, 1.82) is 0 Å². The fourth-order valence-corrected chi connectivity index (χ4v) is 8.64. The van der Waals surface area contributed by atoms with Crippen molar-refractivity contribution in [1.82, 2.24) is 15.2 Å². The zero-order valence-electron chi connectivity index (χ0n) is 23.7. The van der Waals surface area contributed by atoms with Gasteiger partial charge in [-0.05, 0) is 106 Å². The first-order chi connectivity index (χ1) is 20.3. The number of hydrogen-bond acceptors (Lipinski definition) is 6. The molecule has 2 aromatic heterocycles. The number of carbonyl (C=O) groups excluding carboxylic acids is 1. The van der Waals surface area contributed by atoms with Gasteiger partial charge in [0.15, 0.2) is 0 Å². The third-order valence-electron chi connectivity index (χ3n) is 10.4. The van der Waals surface area contributed by atoms with Crippen LogP contribution >= 0.6 is 11.3 Å². The number of aryl methyl sites for hydroxylation is 1. The average molecular weight is 589 g/mol. The highest BCUT2D eigenvalue weighted by Crippen LogP contribution is 2.62. The summed E-state index contributed by atoms with van der Waals surface area (Å²) in [4.78, 5) is 20.6. The third-order valence-corrected chi connectivity index (χ3v) is 11.4. The van der Waals surface area contributed by atoms with Crippen LogP contribution in [0.2, 0.25) is 0 Å². The van der Waals surface area contributed by atoms with Gasteiger partial charge in [-0.25, -0.2) is 13.8 Å². The number of hydrogen-bond donors (Lipinski definition) is 0. The number of aromatic nitrogens is 3. The largest absolute Gasteiger partial charge is 0.424 e. The average Bonchev–Trinajstić information content (AvgIpc) is 3.28. The van der Waals surface area contributed by atoms with Gasteiger partial charge >= 0.3 is 0 Å². The number of amides is 1. The number of rotatable bonds is 8. The Hall–Kier alpha value is -3.20. The summed E-state index contributed by atoms with van der Waals surface area (Å²) in [5.74, 6) is 0.925. The Kier molecular flexibility index (Phi) is 6.08. The van der Waals surface area contributed by atoms with Crippen LogP contribution in [0, 0.1) is 24.2 Å². The molecule has 2 bridgehead atoms. The molecule has 218 valence electrons. The number of fused-ring (bicyclic) bond motifs is 3. The molecule has 2 aromatic carbocycles. The number of anilines is 1.